The van der Waals surface area contributed by atoms with Crippen LogP contribution in [0.25, 0.3) is 11.3 Å². The number of ether oxygens (including phenoxy) is 1. The molecule has 0 aliphatic carbocycles. The number of nitrogens with one attached hydrogen (secondary N) is 3. The van der Waals surface area contributed by atoms with Crippen molar-refractivity contribution < 1.29 is 9.84 Å². The molecule has 1 heterocycles. The lowest BCUT2D eigenvalue weighted by Gasteiger charge is -2.15. The maximum absolute atomic E-state index is 9.76. The number of halogens is 1. The molecule has 1 atom stereocenters. The van der Waals surface area contributed by atoms with E-state index in [1.54, 1.807) is 13.1 Å². The van der Waals surface area contributed by atoms with Crippen LogP contribution in [0.15, 0.2) is 30.3 Å². The van der Waals surface area contributed by atoms with Gasteiger partial charge in [0.2, 0.25) is 0 Å². The Hall–Kier alpha value is -2.15. The second-order valence-electron chi connectivity index (χ2n) is 6.25. The van der Waals surface area contributed by atoms with E-state index in [9.17, 15) is 5.11 Å². The molecular weight excluding hydrogens is 352 g/mol. The lowest BCUT2D eigenvalue weighted by atomic mass is 10.1. The topological polar surface area (TPSA) is 90.3 Å². The van der Waals surface area contributed by atoms with Crippen LogP contribution in [-0.4, -0.2) is 48.7 Å². The average molecular weight is 377 g/mol. The first kappa shape index (κ1) is 20.2. The SMILES string of the molecule is CNCC(O)COc1cccc(-c2cc(Cl)c(C=N)c(NC(C)C)n2)c1. The zero-order chi connectivity index (χ0) is 19.1. The molecule has 1 unspecified atom stereocenters. The van der Waals surface area contributed by atoms with Gasteiger partial charge >= 0.3 is 0 Å². The molecule has 0 saturated heterocycles. The van der Waals surface area contributed by atoms with Gasteiger partial charge in [-0.05, 0) is 39.1 Å². The van der Waals surface area contributed by atoms with Gasteiger partial charge in [0, 0.05) is 24.4 Å². The molecule has 0 fully saturated rings. The van der Waals surface area contributed by atoms with Crippen LogP contribution < -0.4 is 15.4 Å². The van der Waals surface area contributed by atoms with Gasteiger partial charge in [-0.15, -0.1) is 0 Å². The third-order valence-electron chi connectivity index (χ3n) is 3.59. The number of pyridine rings is 1. The van der Waals surface area contributed by atoms with Crippen molar-refractivity contribution in [2.45, 2.75) is 26.0 Å². The number of aromatic nitrogens is 1. The van der Waals surface area contributed by atoms with Crippen molar-refractivity contribution in [1.82, 2.24) is 10.3 Å². The Morgan fingerprint density at radius 2 is 2.12 bits per heavy atom. The summed E-state index contributed by atoms with van der Waals surface area (Å²) >= 11 is 6.34. The van der Waals surface area contributed by atoms with Crippen molar-refractivity contribution in [3.63, 3.8) is 0 Å². The summed E-state index contributed by atoms with van der Waals surface area (Å²) < 4.78 is 5.65. The molecule has 0 aliphatic heterocycles. The molecule has 6 nitrogen and oxygen atoms in total. The minimum atomic E-state index is -0.579. The molecule has 0 radical (unpaired) electrons. The number of aliphatic hydroxyl groups excluding tert-OH is 1. The third kappa shape index (κ3) is 5.42. The molecule has 1 aromatic heterocycles. The molecule has 0 saturated carbocycles. The summed E-state index contributed by atoms with van der Waals surface area (Å²) in [5.74, 6) is 1.22. The van der Waals surface area contributed by atoms with Crippen molar-refractivity contribution in [2.24, 2.45) is 0 Å². The average Bonchev–Trinajstić information content (AvgIpc) is 2.60. The van der Waals surface area contributed by atoms with Crippen LogP contribution in [0.1, 0.15) is 19.4 Å². The summed E-state index contributed by atoms with van der Waals surface area (Å²) in [6.07, 6.45) is 0.622. The molecule has 1 aromatic carbocycles. The first-order valence-corrected chi connectivity index (χ1v) is 8.85. The van der Waals surface area contributed by atoms with Crippen LogP contribution in [0.4, 0.5) is 5.82 Å². The summed E-state index contributed by atoms with van der Waals surface area (Å²) in [4.78, 5) is 4.62. The lowest BCUT2D eigenvalue weighted by molar-refractivity contribution is 0.108. The number of anilines is 1. The van der Waals surface area contributed by atoms with E-state index in [1.807, 2.05) is 38.1 Å². The molecule has 0 amide bonds. The Balaban J connectivity index is 2.29. The number of nitrogens with zero attached hydrogens (tertiary/aromatic N) is 1. The van der Waals surface area contributed by atoms with E-state index in [-0.39, 0.29) is 12.6 Å². The Kier molecular flexibility index (Phi) is 7.38. The molecule has 26 heavy (non-hydrogen) atoms. The molecule has 0 aliphatic rings. The van der Waals surface area contributed by atoms with Gasteiger partial charge in [-0.1, -0.05) is 23.7 Å². The Labute approximate surface area is 159 Å². The summed E-state index contributed by atoms with van der Waals surface area (Å²) in [6, 6.07) is 9.37. The molecule has 0 spiro atoms. The first-order valence-electron chi connectivity index (χ1n) is 8.48. The zero-order valence-corrected chi connectivity index (χ0v) is 16.0. The standard InChI is InChI=1S/C19H25ClN4O2/c1-12(2)23-19-16(9-21)17(20)8-18(24-19)13-5-4-6-15(7-13)26-11-14(25)10-22-3/h4-9,12,14,21-22,25H,10-11H2,1-3H3,(H,23,24). The van der Waals surface area contributed by atoms with E-state index in [0.29, 0.717) is 34.4 Å². The second kappa shape index (κ2) is 9.52. The second-order valence-corrected chi connectivity index (χ2v) is 6.65. The van der Waals surface area contributed by atoms with Gasteiger partial charge in [-0.25, -0.2) is 4.98 Å². The van der Waals surface area contributed by atoms with Gasteiger partial charge in [-0.2, -0.15) is 0 Å². The highest BCUT2D eigenvalue weighted by molar-refractivity contribution is 6.33. The van der Waals surface area contributed by atoms with Crippen molar-refractivity contribution in [3.8, 4) is 17.0 Å². The number of benzene rings is 1. The van der Waals surface area contributed by atoms with E-state index in [1.165, 1.54) is 6.21 Å². The zero-order valence-electron chi connectivity index (χ0n) is 15.2. The van der Waals surface area contributed by atoms with Gasteiger partial charge in [0.1, 0.15) is 24.3 Å². The Bertz CT molecular complexity index is 752. The summed E-state index contributed by atoms with van der Waals surface area (Å²) in [5.41, 5.74) is 2.09. The van der Waals surface area contributed by atoms with Crippen LogP contribution in [0, 0.1) is 5.41 Å². The number of aliphatic hydroxyl groups is 1. The van der Waals surface area contributed by atoms with Gasteiger partial charge in [0.15, 0.2) is 0 Å². The van der Waals surface area contributed by atoms with Crippen molar-refractivity contribution in [3.05, 3.63) is 40.9 Å². The summed E-state index contributed by atoms with van der Waals surface area (Å²) in [7, 11) is 1.78. The Morgan fingerprint density at radius 3 is 2.77 bits per heavy atom. The fourth-order valence-electron chi connectivity index (χ4n) is 2.42. The van der Waals surface area contributed by atoms with E-state index in [2.05, 4.69) is 15.6 Å². The number of likely N-dealkylation sites (N-methyl/N-ethyl adjacent to an activating group) is 1. The van der Waals surface area contributed by atoms with Crippen LogP contribution >= 0.6 is 11.6 Å². The van der Waals surface area contributed by atoms with E-state index in [4.69, 9.17) is 21.7 Å². The van der Waals surface area contributed by atoms with Crippen LogP contribution in [0.3, 0.4) is 0 Å². The van der Waals surface area contributed by atoms with Crippen LogP contribution in [-0.2, 0) is 0 Å². The third-order valence-corrected chi connectivity index (χ3v) is 3.90. The minimum absolute atomic E-state index is 0.163. The normalized spacial score (nSPS) is 12.1. The van der Waals surface area contributed by atoms with Gasteiger partial charge < -0.3 is 25.9 Å². The maximum atomic E-state index is 9.76. The quantitative estimate of drug-likeness (QED) is 0.505. The van der Waals surface area contributed by atoms with Crippen molar-refractivity contribution >= 4 is 23.6 Å². The fraction of sp³-hybridized carbons (Fsp3) is 0.368. The molecular formula is C19H25ClN4O2. The summed E-state index contributed by atoms with van der Waals surface area (Å²) in [6.45, 7) is 4.67. The Morgan fingerprint density at radius 1 is 1.35 bits per heavy atom. The van der Waals surface area contributed by atoms with Crippen molar-refractivity contribution in [1.29, 1.82) is 5.41 Å². The van der Waals surface area contributed by atoms with E-state index >= 15 is 0 Å². The molecule has 2 aromatic rings. The van der Waals surface area contributed by atoms with Crippen LogP contribution in [0.5, 0.6) is 5.75 Å². The minimum Gasteiger partial charge on any atom is -0.491 e. The number of hydrogen-bond donors (Lipinski definition) is 4. The maximum Gasteiger partial charge on any atom is 0.137 e. The largest absolute Gasteiger partial charge is 0.491 e. The van der Waals surface area contributed by atoms with E-state index < -0.39 is 6.10 Å². The predicted octanol–water partition coefficient (Wildman–Crippen LogP) is 3.18. The predicted molar refractivity (Wildman–Crippen MR) is 107 cm³/mol. The van der Waals surface area contributed by atoms with Gasteiger partial charge in [0.25, 0.3) is 0 Å². The van der Waals surface area contributed by atoms with Gasteiger partial charge in [0.05, 0.1) is 16.3 Å². The smallest absolute Gasteiger partial charge is 0.137 e. The summed E-state index contributed by atoms with van der Waals surface area (Å²) in [5, 5.41) is 23.9. The highest BCUT2D eigenvalue weighted by Gasteiger charge is 2.13. The first-order chi connectivity index (χ1) is 12.4. The highest BCUT2D eigenvalue weighted by Crippen LogP contribution is 2.30. The van der Waals surface area contributed by atoms with Crippen LogP contribution in [0.2, 0.25) is 5.02 Å². The molecule has 2 rings (SSSR count). The highest BCUT2D eigenvalue weighted by atomic mass is 35.5. The molecule has 0 bridgehead atoms. The lowest BCUT2D eigenvalue weighted by Crippen LogP contribution is -2.29. The molecule has 4 N–H and O–H groups in total. The molecule has 7 heteroatoms. The van der Waals surface area contributed by atoms with Gasteiger partial charge in [-0.3, -0.25) is 0 Å². The monoisotopic (exact) mass is 376 g/mol. The molecule has 140 valence electrons. The van der Waals surface area contributed by atoms with E-state index in [0.717, 1.165) is 5.56 Å². The van der Waals surface area contributed by atoms with Crippen molar-refractivity contribution in [2.75, 3.05) is 25.5 Å². The number of hydrogen-bond acceptors (Lipinski definition) is 6. The number of rotatable bonds is 9. The fourth-order valence-corrected chi connectivity index (χ4v) is 2.67.